The number of fused-ring (bicyclic) bond motifs is 1. The van der Waals surface area contributed by atoms with Crippen molar-refractivity contribution in [2.24, 2.45) is 5.41 Å². The van der Waals surface area contributed by atoms with Crippen LogP contribution in [0.2, 0.25) is 0 Å². The Morgan fingerprint density at radius 3 is 2.83 bits per heavy atom. The van der Waals surface area contributed by atoms with E-state index in [0.29, 0.717) is 12.0 Å². The molecule has 1 aromatic rings. The van der Waals surface area contributed by atoms with Crippen LogP contribution in [-0.2, 0) is 6.42 Å². The Kier molecular flexibility index (Phi) is 4.20. The Labute approximate surface area is 145 Å². The SMILES string of the molecule is C=C1CCCN1C1CC(C)(C(C)(F)CC)Cc2ccc(C#N)cc21. The van der Waals surface area contributed by atoms with Crippen molar-refractivity contribution in [3.63, 3.8) is 0 Å². The number of nitriles is 1. The van der Waals surface area contributed by atoms with Gasteiger partial charge in [-0.3, -0.25) is 0 Å². The fourth-order valence-electron chi connectivity index (χ4n) is 4.40. The van der Waals surface area contributed by atoms with Crippen LogP contribution in [0, 0.1) is 16.7 Å². The molecule has 1 aliphatic heterocycles. The van der Waals surface area contributed by atoms with Gasteiger partial charge in [0, 0.05) is 17.7 Å². The molecule has 3 atom stereocenters. The number of hydrogen-bond donors (Lipinski definition) is 0. The maximum atomic E-state index is 15.4. The van der Waals surface area contributed by atoms with E-state index in [2.05, 4.69) is 24.5 Å². The molecule has 2 aliphatic rings. The van der Waals surface area contributed by atoms with Crippen molar-refractivity contribution in [2.75, 3.05) is 6.54 Å². The fraction of sp³-hybridized carbons (Fsp3) is 0.571. The summed E-state index contributed by atoms with van der Waals surface area (Å²) in [5.41, 5.74) is 2.60. The second-order valence-corrected chi connectivity index (χ2v) is 7.90. The molecule has 1 heterocycles. The van der Waals surface area contributed by atoms with E-state index in [-0.39, 0.29) is 6.04 Å². The van der Waals surface area contributed by atoms with Crippen molar-refractivity contribution >= 4 is 0 Å². The minimum Gasteiger partial charge on any atom is -0.368 e. The van der Waals surface area contributed by atoms with E-state index in [1.807, 2.05) is 25.1 Å². The number of halogens is 1. The first-order valence-corrected chi connectivity index (χ1v) is 8.97. The standard InChI is InChI=1S/C21H27FN2/c1-5-21(4,22)20(3)12-17-9-8-16(14-23)11-18(17)19(13-20)24-10-6-7-15(24)2/h8-9,11,19H,2,5-7,10,12-13H2,1,3-4H3. The molecule has 1 fully saturated rings. The maximum absolute atomic E-state index is 15.4. The van der Waals surface area contributed by atoms with E-state index < -0.39 is 11.1 Å². The van der Waals surface area contributed by atoms with Crippen LogP contribution in [-0.4, -0.2) is 17.1 Å². The molecule has 128 valence electrons. The molecule has 0 bridgehead atoms. The topological polar surface area (TPSA) is 27.0 Å². The Morgan fingerprint density at radius 2 is 2.25 bits per heavy atom. The summed E-state index contributed by atoms with van der Waals surface area (Å²) in [5.74, 6) is 0. The van der Waals surface area contributed by atoms with Gasteiger partial charge >= 0.3 is 0 Å². The summed E-state index contributed by atoms with van der Waals surface area (Å²) in [6.07, 6.45) is 4.14. The molecule has 0 saturated carbocycles. The highest BCUT2D eigenvalue weighted by Gasteiger charge is 2.49. The van der Waals surface area contributed by atoms with Gasteiger partial charge in [0.1, 0.15) is 5.67 Å². The van der Waals surface area contributed by atoms with Gasteiger partial charge in [0.05, 0.1) is 17.7 Å². The summed E-state index contributed by atoms with van der Waals surface area (Å²) in [5, 5.41) is 9.27. The van der Waals surface area contributed by atoms with E-state index >= 15 is 4.39 Å². The first kappa shape index (κ1) is 17.0. The van der Waals surface area contributed by atoms with E-state index in [9.17, 15) is 5.26 Å². The van der Waals surface area contributed by atoms with Crippen LogP contribution in [0.3, 0.4) is 0 Å². The zero-order valence-corrected chi connectivity index (χ0v) is 15.0. The second kappa shape index (κ2) is 5.92. The first-order chi connectivity index (χ1) is 11.3. The maximum Gasteiger partial charge on any atom is 0.113 e. The number of benzene rings is 1. The lowest BCUT2D eigenvalue weighted by molar-refractivity contribution is -0.0155. The van der Waals surface area contributed by atoms with Crippen molar-refractivity contribution in [1.82, 2.24) is 4.90 Å². The summed E-state index contributed by atoms with van der Waals surface area (Å²) in [7, 11) is 0. The molecule has 0 radical (unpaired) electrons. The zero-order chi connectivity index (χ0) is 17.5. The van der Waals surface area contributed by atoms with Crippen LogP contribution in [0.15, 0.2) is 30.5 Å². The summed E-state index contributed by atoms with van der Waals surface area (Å²) in [6.45, 7) is 11.0. The largest absolute Gasteiger partial charge is 0.368 e. The Hall–Kier alpha value is -1.82. The van der Waals surface area contributed by atoms with Crippen LogP contribution in [0.5, 0.6) is 0 Å². The molecule has 0 spiro atoms. The van der Waals surface area contributed by atoms with Crippen molar-refractivity contribution in [2.45, 2.75) is 64.6 Å². The van der Waals surface area contributed by atoms with Crippen molar-refractivity contribution in [1.29, 1.82) is 5.26 Å². The van der Waals surface area contributed by atoms with Crippen LogP contribution in [0.1, 0.15) is 69.2 Å². The number of allylic oxidation sites excluding steroid dienone is 1. The third-order valence-corrected chi connectivity index (χ3v) is 6.43. The van der Waals surface area contributed by atoms with E-state index in [0.717, 1.165) is 37.9 Å². The summed E-state index contributed by atoms with van der Waals surface area (Å²) in [6, 6.07) is 8.28. The molecule has 24 heavy (non-hydrogen) atoms. The highest BCUT2D eigenvalue weighted by Crippen LogP contribution is 2.53. The Morgan fingerprint density at radius 1 is 1.50 bits per heavy atom. The van der Waals surface area contributed by atoms with Gasteiger partial charge in [0.15, 0.2) is 0 Å². The van der Waals surface area contributed by atoms with Crippen molar-refractivity contribution in [3.05, 3.63) is 47.2 Å². The number of rotatable bonds is 3. The minimum absolute atomic E-state index is 0.128. The third kappa shape index (κ3) is 2.62. The molecule has 1 aromatic carbocycles. The van der Waals surface area contributed by atoms with Gasteiger partial charge in [-0.15, -0.1) is 0 Å². The van der Waals surface area contributed by atoms with Crippen molar-refractivity contribution < 1.29 is 4.39 Å². The number of nitrogens with zero attached hydrogens (tertiary/aromatic N) is 2. The van der Waals surface area contributed by atoms with Gasteiger partial charge in [0.25, 0.3) is 0 Å². The van der Waals surface area contributed by atoms with Gasteiger partial charge in [0.2, 0.25) is 0 Å². The third-order valence-electron chi connectivity index (χ3n) is 6.43. The smallest absolute Gasteiger partial charge is 0.113 e. The molecule has 2 nitrogen and oxygen atoms in total. The highest BCUT2D eigenvalue weighted by molar-refractivity contribution is 5.43. The summed E-state index contributed by atoms with van der Waals surface area (Å²) < 4.78 is 15.4. The molecule has 0 N–H and O–H groups in total. The van der Waals surface area contributed by atoms with Crippen molar-refractivity contribution in [3.8, 4) is 6.07 Å². The quantitative estimate of drug-likeness (QED) is 0.753. The molecule has 1 aliphatic carbocycles. The number of alkyl halides is 1. The van der Waals surface area contributed by atoms with Gasteiger partial charge in [-0.2, -0.15) is 5.26 Å². The van der Waals surface area contributed by atoms with Gasteiger partial charge < -0.3 is 4.90 Å². The lowest BCUT2D eigenvalue weighted by atomic mass is 9.62. The van der Waals surface area contributed by atoms with Crippen LogP contribution < -0.4 is 0 Å². The predicted molar refractivity (Wildman–Crippen MR) is 95.2 cm³/mol. The van der Waals surface area contributed by atoms with E-state index in [1.54, 1.807) is 6.92 Å². The molecule has 0 aromatic heterocycles. The number of hydrogen-bond acceptors (Lipinski definition) is 2. The summed E-state index contributed by atoms with van der Waals surface area (Å²) in [4.78, 5) is 2.35. The van der Waals surface area contributed by atoms with E-state index in [4.69, 9.17) is 0 Å². The van der Waals surface area contributed by atoms with Crippen LogP contribution >= 0.6 is 0 Å². The van der Waals surface area contributed by atoms with Gasteiger partial charge in [-0.05, 0) is 62.3 Å². The summed E-state index contributed by atoms with van der Waals surface area (Å²) >= 11 is 0. The van der Waals surface area contributed by atoms with Gasteiger partial charge in [-0.1, -0.05) is 26.5 Å². The second-order valence-electron chi connectivity index (χ2n) is 7.90. The average molecular weight is 326 g/mol. The van der Waals surface area contributed by atoms with Gasteiger partial charge in [-0.25, -0.2) is 4.39 Å². The Balaban J connectivity index is 2.09. The van der Waals surface area contributed by atoms with E-state index in [1.165, 1.54) is 11.1 Å². The first-order valence-electron chi connectivity index (χ1n) is 8.97. The molecule has 3 rings (SSSR count). The monoisotopic (exact) mass is 326 g/mol. The molecule has 0 amide bonds. The lowest BCUT2D eigenvalue weighted by Crippen LogP contribution is -2.47. The predicted octanol–water partition coefficient (Wildman–Crippen LogP) is 5.30. The molecule has 3 heteroatoms. The lowest BCUT2D eigenvalue weighted by Gasteiger charge is -2.49. The minimum atomic E-state index is -1.21. The van der Waals surface area contributed by atoms with Crippen LogP contribution in [0.25, 0.3) is 0 Å². The molecular formula is C21H27FN2. The number of likely N-dealkylation sites (tertiary alicyclic amines) is 1. The molecule has 1 saturated heterocycles. The normalized spacial score (nSPS) is 29.0. The molecule has 3 unspecified atom stereocenters. The zero-order valence-electron chi connectivity index (χ0n) is 15.0. The highest BCUT2D eigenvalue weighted by atomic mass is 19.1. The molecular weight excluding hydrogens is 299 g/mol. The average Bonchev–Trinajstić information content (AvgIpc) is 2.99. The Bertz CT molecular complexity index is 700. The fourth-order valence-corrected chi connectivity index (χ4v) is 4.40. The van der Waals surface area contributed by atoms with Crippen LogP contribution in [0.4, 0.5) is 4.39 Å².